The molecule has 0 unspecified atom stereocenters. The zero-order chi connectivity index (χ0) is 17.6. The van der Waals surface area contributed by atoms with Gasteiger partial charge in [0.15, 0.2) is 11.5 Å². The van der Waals surface area contributed by atoms with E-state index in [0.717, 1.165) is 0 Å². The van der Waals surface area contributed by atoms with Crippen LogP contribution in [0.15, 0.2) is 18.2 Å². The summed E-state index contributed by atoms with van der Waals surface area (Å²) in [6.45, 7) is 2.81. The Bertz CT molecular complexity index is 619. The van der Waals surface area contributed by atoms with Crippen LogP contribution in [0.2, 0.25) is 0 Å². The van der Waals surface area contributed by atoms with Gasteiger partial charge in [-0.1, -0.05) is 13.8 Å². The van der Waals surface area contributed by atoms with Crippen molar-refractivity contribution < 1.29 is 38.1 Å². The van der Waals surface area contributed by atoms with E-state index in [-0.39, 0.29) is 23.0 Å². The third kappa shape index (κ3) is 6.32. The van der Waals surface area contributed by atoms with Crippen LogP contribution in [0.3, 0.4) is 0 Å². The van der Waals surface area contributed by atoms with Gasteiger partial charge in [-0.3, -0.25) is 4.79 Å². The summed E-state index contributed by atoms with van der Waals surface area (Å²) in [5, 5.41) is 0. The highest BCUT2D eigenvalue weighted by atomic mass is 31.2. The lowest BCUT2D eigenvalue weighted by Crippen LogP contribution is -2.16. The molecule has 0 amide bonds. The minimum absolute atomic E-state index is 0.0172. The molecule has 0 saturated carbocycles. The summed E-state index contributed by atoms with van der Waals surface area (Å²) in [5.74, 6) is -1.44. The normalized spacial score (nSPS) is 11.0. The van der Waals surface area contributed by atoms with Gasteiger partial charge in [-0.05, 0) is 24.5 Å². The highest BCUT2D eigenvalue weighted by Crippen LogP contribution is 2.41. The Kier molecular flexibility index (Phi) is 6.62. The molecular formula is C14H19O8P. The van der Waals surface area contributed by atoms with E-state index in [4.69, 9.17) is 18.7 Å². The lowest BCUT2D eigenvalue weighted by Gasteiger charge is -2.15. The number of benzene rings is 1. The van der Waals surface area contributed by atoms with E-state index in [0.29, 0.717) is 0 Å². The van der Waals surface area contributed by atoms with Crippen LogP contribution in [0.1, 0.15) is 24.2 Å². The lowest BCUT2D eigenvalue weighted by molar-refractivity contribution is -0.155. The fourth-order valence-corrected chi connectivity index (χ4v) is 1.88. The van der Waals surface area contributed by atoms with Crippen LogP contribution >= 0.6 is 7.57 Å². The van der Waals surface area contributed by atoms with E-state index < -0.39 is 26.3 Å². The molecule has 0 radical (unpaired) electrons. The summed E-state index contributed by atoms with van der Waals surface area (Å²) in [6, 6.07) is 3.93. The molecule has 128 valence electrons. The molecule has 0 saturated heterocycles. The molecule has 1 aromatic rings. The number of hydrogen-bond acceptors (Lipinski definition) is 8. The van der Waals surface area contributed by atoms with E-state index in [1.165, 1.54) is 25.3 Å². The van der Waals surface area contributed by atoms with E-state index >= 15 is 0 Å². The van der Waals surface area contributed by atoms with Crippen molar-refractivity contribution in [3.63, 3.8) is 0 Å². The van der Waals surface area contributed by atoms with Crippen molar-refractivity contribution >= 4 is 25.8 Å². The fourth-order valence-electron chi connectivity index (χ4n) is 1.42. The van der Waals surface area contributed by atoms with Gasteiger partial charge in [0.1, 0.15) is 0 Å². The second-order valence-corrected chi connectivity index (χ2v) is 6.30. The van der Waals surface area contributed by atoms with Gasteiger partial charge in [0.05, 0.1) is 18.6 Å². The third-order valence-corrected chi connectivity index (χ3v) is 3.00. The average Bonchev–Trinajstić information content (AvgIpc) is 2.45. The summed E-state index contributed by atoms with van der Waals surface area (Å²) >= 11 is 0. The molecule has 0 aliphatic heterocycles. The molecule has 0 spiro atoms. The molecule has 0 atom stereocenters. The van der Waals surface area contributed by atoms with Crippen molar-refractivity contribution in [3.05, 3.63) is 23.8 Å². The fraction of sp³-hybridized carbons (Fsp3) is 0.357. The standard InChI is InChI=1S/C14H19O8P/c1-9(2)13(15)20-8-21-14(16)10-5-6-11(12(7-10)19-3)22-23(4,17)18/h5-7,9,17-18H,4,8H2,1-3H3. The highest BCUT2D eigenvalue weighted by Gasteiger charge is 2.16. The van der Waals surface area contributed by atoms with Crippen molar-refractivity contribution in [3.8, 4) is 11.5 Å². The third-order valence-electron chi connectivity index (χ3n) is 2.51. The average molecular weight is 346 g/mol. The summed E-state index contributed by atoms with van der Waals surface area (Å²) in [5.41, 5.74) is 0.110. The minimum Gasteiger partial charge on any atom is -0.493 e. The molecule has 1 aromatic carbocycles. The van der Waals surface area contributed by atoms with Gasteiger partial charge >= 0.3 is 11.9 Å². The number of carbonyl (C=O) groups is 2. The van der Waals surface area contributed by atoms with Crippen LogP contribution in [-0.4, -0.2) is 41.9 Å². The maximum atomic E-state index is 11.8. The predicted octanol–water partition coefficient (Wildman–Crippen LogP) is 1.57. The molecule has 0 aliphatic carbocycles. The first-order valence-electron chi connectivity index (χ1n) is 6.54. The smallest absolute Gasteiger partial charge is 0.341 e. The molecule has 0 fully saturated rings. The summed E-state index contributed by atoms with van der Waals surface area (Å²) in [7, 11) is -2.44. The SMILES string of the molecule is C=P(O)(O)Oc1ccc(C(=O)OCOC(=O)C(C)C)cc1OC. The summed E-state index contributed by atoms with van der Waals surface area (Å²) < 4.78 is 19.4. The molecular weight excluding hydrogens is 327 g/mol. The van der Waals surface area contributed by atoms with Crippen LogP contribution in [0.4, 0.5) is 0 Å². The molecule has 0 heterocycles. The molecule has 9 heteroatoms. The second-order valence-electron chi connectivity index (χ2n) is 4.79. The minimum atomic E-state index is -3.76. The van der Waals surface area contributed by atoms with E-state index in [1.54, 1.807) is 13.8 Å². The monoisotopic (exact) mass is 346 g/mol. The first-order valence-corrected chi connectivity index (χ1v) is 8.34. The van der Waals surface area contributed by atoms with Gasteiger partial charge in [0, 0.05) is 0 Å². The number of rotatable bonds is 7. The molecule has 0 aromatic heterocycles. The Morgan fingerprint density at radius 2 is 1.87 bits per heavy atom. The quantitative estimate of drug-likeness (QED) is 0.435. The van der Waals surface area contributed by atoms with Gasteiger partial charge in [0.25, 0.3) is 7.57 Å². The maximum absolute atomic E-state index is 11.8. The Hall–Kier alpha value is -2.02. The zero-order valence-corrected chi connectivity index (χ0v) is 13.9. The summed E-state index contributed by atoms with van der Waals surface area (Å²) in [4.78, 5) is 41.5. The molecule has 0 aliphatic rings. The highest BCUT2D eigenvalue weighted by molar-refractivity contribution is 7.58. The second kappa shape index (κ2) is 8.01. The summed E-state index contributed by atoms with van der Waals surface area (Å²) in [6.07, 6.45) is 3.07. The van der Waals surface area contributed by atoms with Gasteiger partial charge < -0.3 is 28.5 Å². The van der Waals surface area contributed by atoms with Crippen LogP contribution in [0.5, 0.6) is 11.5 Å². The van der Waals surface area contributed by atoms with E-state index in [9.17, 15) is 19.4 Å². The Morgan fingerprint density at radius 1 is 1.22 bits per heavy atom. The Labute approximate surface area is 133 Å². The van der Waals surface area contributed by atoms with Gasteiger partial charge in [0.2, 0.25) is 6.79 Å². The first-order chi connectivity index (χ1) is 10.6. The van der Waals surface area contributed by atoms with Crippen molar-refractivity contribution in [2.24, 2.45) is 5.92 Å². The number of ether oxygens (including phenoxy) is 3. The Morgan fingerprint density at radius 3 is 2.39 bits per heavy atom. The topological polar surface area (TPSA) is 112 Å². The van der Waals surface area contributed by atoms with Crippen molar-refractivity contribution in [1.82, 2.24) is 0 Å². The molecule has 1 rings (SSSR count). The van der Waals surface area contributed by atoms with Gasteiger partial charge in [-0.25, -0.2) is 4.79 Å². The van der Waals surface area contributed by atoms with E-state index in [1.807, 2.05) is 0 Å². The van der Waals surface area contributed by atoms with Crippen LogP contribution in [0, 0.1) is 5.92 Å². The molecule has 8 nitrogen and oxygen atoms in total. The van der Waals surface area contributed by atoms with Crippen LogP contribution < -0.4 is 9.26 Å². The van der Waals surface area contributed by atoms with Crippen LogP contribution in [-0.2, 0) is 14.3 Å². The van der Waals surface area contributed by atoms with Crippen molar-refractivity contribution in [1.29, 1.82) is 0 Å². The van der Waals surface area contributed by atoms with E-state index in [2.05, 4.69) is 6.30 Å². The molecule has 0 bridgehead atoms. The number of esters is 2. The predicted molar refractivity (Wildman–Crippen MR) is 83.3 cm³/mol. The van der Waals surface area contributed by atoms with Crippen LogP contribution in [0.25, 0.3) is 0 Å². The largest absolute Gasteiger partial charge is 0.493 e. The lowest BCUT2D eigenvalue weighted by atomic mass is 10.2. The maximum Gasteiger partial charge on any atom is 0.341 e. The van der Waals surface area contributed by atoms with Crippen molar-refractivity contribution in [2.45, 2.75) is 13.8 Å². The number of carbonyl (C=O) groups excluding carboxylic acids is 2. The number of methoxy groups -OCH3 is 1. The van der Waals surface area contributed by atoms with Gasteiger partial charge in [-0.15, -0.1) is 0 Å². The molecule has 23 heavy (non-hydrogen) atoms. The first kappa shape index (κ1) is 19.0. The zero-order valence-electron chi connectivity index (χ0n) is 13.0. The van der Waals surface area contributed by atoms with Crippen molar-refractivity contribution in [2.75, 3.05) is 13.9 Å². The Balaban J connectivity index is 2.75. The van der Waals surface area contributed by atoms with Gasteiger partial charge in [-0.2, -0.15) is 0 Å². The molecule has 2 N–H and O–H groups in total. The number of hydrogen-bond donors (Lipinski definition) is 2.